The van der Waals surface area contributed by atoms with E-state index in [-0.39, 0.29) is 5.41 Å². The Kier molecular flexibility index (Phi) is 2.14. The van der Waals surface area contributed by atoms with Crippen molar-refractivity contribution in [2.24, 2.45) is 0 Å². The molecule has 1 rings (SSSR count). The Hall–Kier alpha value is -0.630. The van der Waals surface area contributed by atoms with Crippen LogP contribution >= 0.6 is 11.6 Å². The molecule has 0 aliphatic heterocycles. The molecule has 0 unspecified atom stereocenters. The third-order valence-corrected chi connectivity index (χ3v) is 1.77. The summed E-state index contributed by atoms with van der Waals surface area (Å²) < 4.78 is 0. The van der Waals surface area contributed by atoms with E-state index in [1.165, 1.54) is 6.33 Å². The summed E-state index contributed by atoms with van der Waals surface area (Å²) in [6.45, 7) is 6.24. The van der Waals surface area contributed by atoms with Gasteiger partial charge in [-0.3, -0.25) is 0 Å². The summed E-state index contributed by atoms with van der Waals surface area (Å²) in [5, 5.41) is 0.549. The van der Waals surface area contributed by atoms with Gasteiger partial charge in [-0.25, -0.2) is 9.97 Å². The minimum absolute atomic E-state index is 0.0261. The van der Waals surface area contributed by atoms with Gasteiger partial charge < -0.3 is 0 Å². The quantitative estimate of drug-likeness (QED) is 0.559. The fraction of sp³-hybridized carbons (Fsp3) is 0.500. The first-order chi connectivity index (χ1) is 5.02. The molecule has 0 aliphatic carbocycles. The van der Waals surface area contributed by atoms with E-state index in [0.29, 0.717) is 5.15 Å². The molecule has 1 heterocycles. The molecule has 0 N–H and O–H groups in total. The Morgan fingerprint density at radius 2 is 2.00 bits per heavy atom. The number of hydrogen-bond acceptors (Lipinski definition) is 2. The SMILES string of the molecule is CC(C)(C)c1cncnc1Cl. The van der Waals surface area contributed by atoms with Crippen molar-refractivity contribution in [2.45, 2.75) is 26.2 Å². The number of hydrogen-bond donors (Lipinski definition) is 0. The molecule has 2 nitrogen and oxygen atoms in total. The molecule has 0 aliphatic rings. The van der Waals surface area contributed by atoms with Crippen LogP contribution in [0.25, 0.3) is 0 Å². The van der Waals surface area contributed by atoms with Crippen molar-refractivity contribution in [3.05, 3.63) is 23.2 Å². The second kappa shape index (κ2) is 2.78. The minimum atomic E-state index is 0.0261. The first-order valence-electron chi connectivity index (χ1n) is 3.48. The van der Waals surface area contributed by atoms with E-state index >= 15 is 0 Å². The van der Waals surface area contributed by atoms with Crippen LogP contribution in [-0.4, -0.2) is 9.97 Å². The lowest BCUT2D eigenvalue weighted by molar-refractivity contribution is 0.584. The predicted molar refractivity (Wildman–Crippen MR) is 45.7 cm³/mol. The molecule has 60 valence electrons. The fourth-order valence-corrected chi connectivity index (χ4v) is 1.19. The van der Waals surface area contributed by atoms with Crippen molar-refractivity contribution in [1.29, 1.82) is 0 Å². The summed E-state index contributed by atoms with van der Waals surface area (Å²) in [6, 6.07) is 0. The van der Waals surface area contributed by atoms with Crippen LogP contribution in [0.3, 0.4) is 0 Å². The lowest BCUT2D eigenvalue weighted by atomic mass is 9.89. The van der Waals surface area contributed by atoms with E-state index in [9.17, 15) is 0 Å². The maximum atomic E-state index is 5.86. The number of halogens is 1. The van der Waals surface area contributed by atoms with E-state index < -0.39 is 0 Å². The second-order valence-corrected chi connectivity index (χ2v) is 3.84. The Bertz CT molecular complexity index is 253. The highest BCUT2D eigenvalue weighted by molar-refractivity contribution is 6.30. The standard InChI is InChI=1S/C8H11ClN2/c1-8(2,3)6-4-10-5-11-7(6)9/h4-5H,1-3H3. The van der Waals surface area contributed by atoms with Crippen molar-refractivity contribution in [3.8, 4) is 0 Å². The van der Waals surface area contributed by atoms with Crippen LogP contribution in [0.2, 0.25) is 5.15 Å². The van der Waals surface area contributed by atoms with Crippen LogP contribution in [0.1, 0.15) is 26.3 Å². The largest absolute Gasteiger partial charge is 0.244 e. The lowest BCUT2D eigenvalue weighted by Crippen LogP contribution is -2.12. The molecule has 0 aromatic carbocycles. The lowest BCUT2D eigenvalue weighted by Gasteiger charge is -2.18. The van der Waals surface area contributed by atoms with E-state index in [0.717, 1.165) is 5.56 Å². The molecule has 0 saturated heterocycles. The van der Waals surface area contributed by atoms with Gasteiger partial charge in [0.15, 0.2) is 0 Å². The maximum Gasteiger partial charge on any atom is 0.136 e. The molecule has 1 aromatic heterocycles. The average molecular weight is 171 g/mol. The molecular weight excluding hydrogens is 160 g/mol. The highest BCUT2D eigenvalue weighted by atomic mass is 35.5. The van der Waals surface area contributed by atoms with Gasteiger partial charge in [0.25, 0.3) is 0 Å². The van der Waals surface area contributed by atoms with Crippen LogP contribution in [0.4, 0.5) is 0 Å². The summed E-state index contributed by atoms with van der Waals surface area (Å²) in [4.78, 5) is 7.82. The molecule has 11 heavy (non-hydrogen) atoms. The predicted octanol–water partition coefficient (Wildman–Crippen LogP) is 2.43. The van der Waals surface area contributed by atoms with Gasteiger partial charge in [-0.15, -0.1) is 0 Å². The Morgan fingerprint density at radius 3 is 2.36 bits per heavy atom. The van der Waals surface area contributed by atoms with Crippen molar-refractivity contribution >= 4 is 11.6 Å². The van der Waals surface area contributed by atoms with Gasteiger partial charge in [-0.05, 0) is 5.41 Å². The van der Waals surface area contributed by atoms with Gasteiger partial charge in [0.1, 0.15) is 11.5 Å². The first kappa shape index (κ1) is 8.47. The first-order valence-corrected chi connectivity index (χ1v) is 3.85. The highest BCUT2D eigenvalue weighted by Crippen LogP contribution is 2.26. The molecule has 0 radical (unpaired) electrons. The van der Waals surface area contributed by atoms with Gasteiger partial charge in [0.2, 0.25) is 0 Å². The smallest absolute Gasteiger partial charge is 0.136 e. The Balaban J connectivity index is 3.14. The van der Waals surface area contributed by atoms with Crippen LogP contribution in [0, 0.1) is 0 Å². The van der Waals surface area contributed by atoms with E-state index in [1.807, 2.05) is 0 Å². The highest BCUT2D eigenvalue weighted by Gasteiger charge is 2.17. The molecule has 1 aromatic rings. The van der Waals surface area contributed by atoms with Crippen LogP contribution in [0.5, 0.6) is 0 Å². The third-order valence-electron chi connectivity index (χ3n) is 1.47. The number of nitrogens with zero attached hydrogens (tertiary/aromatic N) is 2. The molecule has 0 amide bonds. The topological polar surface area (TPSA) is 25.8 Å². The average Bonchev–Trinajstić information content (AvgIpc) is 1.86. The summed E-state index contributed by atoms with van der Waals surface area (Å²) in [7, 11) is 0. The Morgan fingerprint density at radius 1 is 1.36 bits per heavy atom. The van der Waals surface area contributed by atoms with Crippen molar-refractivity contribution in [2.75, 3.05) is 0 Å². The summed E-state index contributed by atoms with van der Waals surface area (Å²) in [5.74, 6) is 0. The number of rotatable bonds is 0. The normalized spacial score (nSPS) is 11.6. The molecule has 0 bridgehead atoms. The fourth-order valence-electron chi connectivity index (χ4n) is 0.818. The summed E-state index contributed by atoms with van der Waals surface area (Å²) >= 11 is 5.86. The molecule has 0 atom stereocenters. The van der Waals surface area contributed by atoms with Gasteiger partial charge >= 0.3 is 0 Å². The molecular formula is C8H11ClN2. The van der Waals surface area contributed by atoms with Crippen LogP contribution in [0.15, 0.2) is 12.5 Å². The monoisotopic (exact) mass is 170 g/mol. The summed E-state index contributed by atoms with van der Waals surface area (Å²) in [6.07, 6.45) is 3.22. The zero-order valence-corrected chi connectivity index (χ0v) is 7.68. The molecule has 0 fully saturated rings. The minimum Gasteiger partial charge on any atom is -0.244 e. The molecule has 0 saturated carbocycles. The molecule has 3 heteroatoms. The zero-order chi connectivity index (χ0) is 8.48. The maximum absolute atomic E-state index is 5.86. The van der Waals surface area contributed by atoms with Gasteiger partial charge in [-0.2, -0.15) is 0 Å². The zero-order valence-electron chi connectivity index (χ0n) is 6.93. The second-order valence-electron chi connectivity index (χ2n) is 3.48. The van der Waals surface area contributed by atoms with Crippen LogP contribution in [-0.2, 0) is 5.41 Å². The van der Waals surface area contributed by atoms with E-state index in [2.05, 4.69) is 30.7 Å². The number of aromatic nitrogens is 2. The van der Waals surface area contributed by atoms with E-state index in [1.54, 1.807) is 6.20 Å². The van der Waals surface area contributed by atoms with E-state index in [4.69, 9.17) is 11.6 Å². The summed E-state index contributed by atoms with van der Waals surface area (Å²) in [5.41, 5.74) is 1.01. The van der Waals surface area contributed by atoms with Crippen molar-refractivity contribution in [3.63, 3.8) is 0 Å². The Labute approximate surface area is 71.6 Å². The van der Waals surface area contributed by atoms with Crippen molar-refractivity contribution in [1.82, 2.24) is 9.97 Å². The van der Waals surface area contributed by atoms with Gasteiger partial charge in [0.05, 0.1) is 0 Å². The van der Waals surface area contributed by atoms with Gasteiger partial charge in [-0.1, -0.05) is 32.4 Å². The molecule has 0 spiro atoms. The third kappa shape index (κ3) is 1.90. The van der Waals surface area contributed by atoms with Crippen LogP contribution < -0.4 is 0 Å². The van der Waals surface area contributed by atoms with Gasteiger partial charge in [0, 0.05) is 11.8 Å². The van der Waals surface area contributed by atoms with Crippen molar-refractivity contribution < 1.29 is 0 Å².